The average molecular weight is 440 g/mol. The standard InChI is InChI=1S/C24H26FN3O2S/c1-3-30-23-20-7-5-4-6-17(20)12-21(23)28-24(29)22(16-8-10-18(25)11-9-16)26-13-19-14-31-15(2)27-19/h4-11,14,21-23,26H,3,12-13H2,1-2H3,(H,28,29)/t21-,22-,23-/m0/s1. The SMILES string of the molecule is CCO[C@H]1c2ccccc2C[C@@H]1NC(=O)[C@@H](NCc1csc(C)n1)c1ccc(F)cc1. The van der Waals surface area contributed by atoms with Crippen LogP contribution in [0.25, 0.3) is 0 Å². The minimum absolute atomic E-state index is 0.156. The molecule has 3 atom stereocenters. The van der Waals surface area contributed by atoms with Gasteiger partial charge in [0.25, 0.3) is 0 Å². The fraction of sp³-hybridized carbons (Fsp3) is 0.333. The molecule has 1 aromatic heterocycles. The van der Waals surface area contributed by atoms with Crippen LogP contribution in [0, 0.1) is 12.7 Å². The number of aryl methyl sites for hydroxylation is 1. The number of thiazole rings is 1. The first kappa shape index (κ1) is 21.6. The Morgan fingerprint density at radius 3 is 2.74 bits per heavy atom. The van der Waals surface area contributed by atoms with Gasteiger partial charge in [-0.25, -0.2) is 9.37 Å². The summed E-state index contributed by atoms with van der Waals surface area (Å²) in [4.78, 5) is 17.8. The Kier molecular flexibility index (Phi) is 6.75. The number of hydrogen-bond acceptors (Lipinski definition) is 5. The van der Waals surface area contributed by atoms with Gasteiger partial charge >= 0.3 is 0 Å². The van der Waals surface area contributed by atoms with Gasteiger partial charge < -0.3 is 10.1 Å². The van der Waals surface area contributed by atoms with Gasteiger partial charge in [-0.15, -0.1) is 11.3 Å². The molecule has 0 bridgehead atoms. The molecule has 2 aromatic carbocycles. The normalized spacial score (nSPS) is 18.5. The van der Waals surface area contributed by atoms with E-state index in [2.05, 4.69) is 27.8 Å². The number of benzene rings is 2. The minimum atomic E-state index is -0.631. The molecule has 1 heterocycles. The number of ether oxygens (including phenoxy) is 1. The summed E-state index contributed by atoms with van der Waals surface area (Å²) in [7, 11) is 0. The van der Waals surface area contributed by atoms with Crippen LogP contribution in [0.3, 0.4) is 0 Å². The fourth-order valence-corrected chi connectivity index (χ4v) is 4.66. The summed E-state index contributed by atoms with van der Waals surface area (Å²) in [5.41, 5.74) is 3.89. The highest BCUT2D eigenvalue weighted by Gasteiger charge is 2.35. The quantitative estimate of drug-likeness (QED) is 0.551. The van der Waals surface area contributed by atoms with E-state index < -0.39 is 6.04 Å². The van der Waals surface area contributed by atoms with Gasteiger partial charge in [0, 0.05) is 18.5 Å². The second-order valence-electron chi connectivity index (χ2n) is 7.62. The van der Waals surface area contributed by atoms with Crippen LogP contribution < -0.4 is 10.6 Å². The maximum Gasteiger partial charge on any atom is 0.242 e. The lowest BCUT2D eigenvalue weighted by atomic mass is 10.0. The zero-order valence-electron chi connectivity index (χ0n) is 17.6. The van der Waals surface area contributed by atoms with E-state index in [1.54, 1.807) is 23.5 Å². The van der Waals surface area contributed by atoms with Crippen molar-refractivity contribution in [3.63, 3.8) is 0 Å². The van der Waals surface area contributed by atoms with Crippen LogP contribution in [0.1, 0.15) is 46.5 Å². The third-order valence-electron chi connectivity index (χ3n) is 5.46. The average Bonchev–Trinajstić information content (AvgIpc) is 3.33. The number of nitrogens with zero attached hydrogens (tertiary/aromatic N) is 1. The van der Waals surface area contributed by atoms with Crippen LogP contribution in [0.4, 0.5) is 4.39 Å². The topological polar surface area (TPSA) is 63.2 Å². The number of fused-ring (bicyclic) bond motifs is 1. The van der Waals surface area contributed by atoms with Crippen molar-refractivity contribution in [1.29, 1.82) is 0 Å². The van der Waals surface area contributed by atoms with Crippen molar-refractivity contribution in [3.8, 4) is 0 Å². The molecule has 5 nitrogen and oxygen atoms in total. The molecule has 2 N–H and O–H groups in total. The largest absolute Gasteiger partial charge is 0.372 e. The lowest BCUT2D eigenvalue weighted by Crippen LogP contribution is -2.44. The lowest BCUT2D eigenvalue weighted by molar-refractivity contribution is -0.125. The fourth-order valence-electron chi connectivity index (χ4n) is 4.05. The molecule has 0 radical (unpaired) electrons. The van der Waals surface area contributed by atoms with Gasteiger partial charge in [-0.05, 0) is 49.1 Å². The molecule has 3 aromatic rings. The maximum absolute atomic E-state index is 13.5. The van der Waals surface area contributed by atoms with E-state index >= 15 is 0 Å². The van der Waals surface area contributed by atoms with Gasteiger partial charge in [-0.1, -0.05) is 36.4 Å². The maximum atomic E-state index is 13.5. The van der Waals surface area contributed by atoms with Crippen molar-refractivity contribution in [2.45, 2.75) is 45.0 Å². The Labute approximate surface area is 185 Å². The first-order valence-electron chi connectivity index (χ1n) is 10.4. The molecule has 31 heavy (non-hydrogen) atoms. The monoisotopic (exact) mass is 439 g/mol. The van der Waals surface area contributed by atoms with Crippen molar-refractivity contribution < 1.29 is 13.9 Å². The smallest absolute Gasteiger partial charge is 0.242 e. The molecule has 4 rings (SSSR count). The Balaban J connectivity index is 1.53. The van der Waals surface area contributed by atoms with E-state index in [0.717, 1.165) is 16.3 Å². The third-order valence-corrected chi connectivity index (χ3v) is 6.28. The molecule has 0 aliphatic heterocycles. The second-order valence-corrected chi connectivity index (χ2v) is 8.68. The van der Waals surface area contributed by atoms with Crippen molar-refractivity contribution in [3.05, 3.63) is 87.1 Å². The molecule has 0 saturated heterocycles. The molecular formula is C24H26FN3O2S. The van der Waals surface area contributed by atoms with Crippen LogP contribution in [0.5, 0.6) is 0 Å². The van der Waals surface area contributed by atoms with E-state index in [0.29, 0.717) is 25.1 Å². The van der Waals surface area contributed by atoms with Crippen LogP contribution in [0.2, 0.25) is 0 Å². The number of rotatable bonds is 8. The molecule has 162 valence electrons. The molecule has 0 saturated carbocycles. The summed E-state index contributed by atoms with van der Waals surface area (Å²) in [6, 6.07) is 13.4. The zero-order chi connectivity index (χ0) is 21.8. The summed E-state index contributed by atoms with van der Waals surface area (Å²) in [6.07, 6.45) is 0.536. The van der Waals surface area contributed by atoms with Crippen LogP contribution in [0.15, 0.2) is 53.9 Å². The van der Waals surface area contributed by atoms with Gasteiger partial charge in [-0.3, -0.25) is 10.1 Å². The lowest BCUT2D eigenvalue weighted by Gasteiger charge is -2.25. The highest BCUT2D eigenvalue weighted by Crippen LogP contribution is 2.34. The first-order valence-corrected chi connectivity index (χ1v) is 11.3. The number of halogens is 1. The summed E-state index contributed by atoms with van der Waals surface area (Å²) in [5.74, 6) is -0.498. The van der Waals surface area contributed by atoms with Crippen LogP contribution in [-0.2, 0) is 22.5 Å². The summed E-state index contributed by atoms with van der Waals surface area (Å²) in [6.45, 7) is 4.91. The highest BCUT2D eigenvalue weighted by atomic mass is 32.1. The number of carbonyl (C=O) groups is 1. The molecule has 1 aliphatic carbocycles. The molecule has 0 fully saturated rings. The minimum Gasteiger partial charge on any atom is -0.372 e. The Morgan fingerprint density at radius 2 is 2.03 bits per heavy atom. The highest BCUT2D eigenvalue weighted by molar-refractivity contribution is 7.09. The molecule has 0 unspecified atom stereocenters. The summed E-state index contributed by atoms with van der Waals surface area (Å²) in [5, 5.41) is 9.42. The number of aromatic nitrogens is 1. The predicted molar refractivity (Wildman–Crippen MR) is 119 cm³/mol. The van der Waals surface area contributed by atoms with Crippen molar-refractivity contribution in [2.75, 3.05) is 6.61 Å². The van der Waals surface area contributed by atoms with Gasteiger partial charge in [-0.2, -0.15) is 0 Å². The van der Waals surface area contributed by atoms with Crippen molar-refractivity contribution in [1.82, 2.24) is 15.6 Å². The van der Waals surface area contributed by atoms with Gasteiger partial charge in [0.05, 0.1) is 16.7 Å². The van der Waals surface area contributed by atoms with Crippen molar-refractivity contribution >= 4 is 17.2 Å². The molecule has 1 aliphatic rings. The van der Waals surface area contributed by atoms with E-state index in [1.807, 2.05) is 31.4 Å². The first-order chi connectivity index (χ1) is 15.0. The summed E-state index contributed by atoms with van der Waals surface area (Å²) >= 11 is 1.57. The second kappa shape index (κ2) is 9.68. The van der Waals surface area contributed by atoms with E-state index in [1.165, 1.54) is 17.7 Å². The van der Waals surface area contributed by atoms with Crippen LogP contribution in [-0.4, -0.2) is 23.5 Å². The number of hydrogen-bond donors (Lipinski definition) is 2. The van der Waals surface area contributed by atoms with Gasteiger partial charge in [0.1, 0.15) is 18.0 Å². The van der Waals surface area contributed by atoms with Gasteiger partial charge in [0.2, 0.25) is 5.91 Å². The molecular weight excluding hydrogens is 413 g/mol. The van der Waals surface area contributed by atoms with E-state index in [9.17, 15) is 9.18 Å². The number of carbonyl (C=O) groups excluding carboxylic acids is 1. The van der Waals surface area contributed by atoms with E-state index in [4.69, 9.17) is 4.74 Å². The molecule has 7 heteroatoms. The molecule has 0 spiro atoms. The van der Waals surface area contributed by atoms with Gasteiger partial charge in [0.15, 0.2) is 0 Å². The molecule has 1 amide bonds. The Morgan fingerprint density at radius 1 is 1.26 bits per heavy atom. The summed E-state index contributed by atoms with van der Waals surface area (Å²) < 4.78 is 19.5. The zero-order valence-corrected chi connectivity index (χ0v) is 18.4. The Bertz CT molecular complexity index is 1040. The predicted octanol–water partition coefficient (Wildman–Crippen LogP) is 4.24. The van der Waals surface area contributed by atoms with E-state index in [-0.39, 0.29) is 23.9 Å². The number of amides is 1. The third kappa shape index (κ3) is 5.01. The van der Waals surface area contributed by atoms with Crippen LogP contribution >= 0.6 is 11.3 Å². The van der Waals surface area contributed by atoms with Crippen molar-refractivity contribution in [2.24, 2.45) is 0 Å². The Hall–Kier alpha value is -2.61. The number of nitrogens with one attached hydrogen (secondary N) is 2.